The average Bonchev–Trinajstić information content (AvgIpc) is 3.09. The first-order chi connectivity index (χ1) is 13.0. The molecule has 4 N–H and O–H groups in total. The number of hydrogen-bond acceptors (Lipinski definition) is 6. The van der Waals surface area contributed by atoms with E-state index < -0.39 is 5.97 Å². The molecule has 0 unspecified atom stereocenters. The number of nitriles is 1. The summed E-state index contributed by atoms with van der Waals surface area (Å²) in [5.74, 6) is -1.56. The third-order valence-corrected chi connectivity index (χ3v) is 4.48. The van der Waals surface area contributed by atoms with Crippen LogP contribution in [-0.4, -0.2) is 26.3 Å². The minimum atomic E-state index is -1.21. The van der Waals surface area contributed by atoms with Crippen molar-refractivity contribution in [3.05, 3.63) is 59.0 Å². The third kappa shape index (κ3) is 4.38. The molecule has 0 fully saturated rings. The number of thiazole rings is 1. The standard InChI is InChI=1S/C18H12N4O3S2/c19-8-10-1-3-11(4-2-10)14-9-27-18(21-14)22-17(26)20-12-5-6-13(16(24)25)15(23)7-12/h1-7,9,23H,(H,24,25)(H2,20,21,22,26). The van der Waals surface area contributed by atoms with Gasteiger partial charge in [-0.15, -0.1) is 11.3 Å². The highest BCUT2D eigenvalue weighted by atomic mass is 32.1. The van der Waals surface area contributed by atoms with Crippen molar-refractivity contribution in [2.45, 2.75) is 0 Å². The van der Waals surface area contributed by atoms with Crippen LogP contribution in [0.2, 0.25) is 0 Å². The Hall–Kier alpha value is -3.48. The van der Waals surface area contributed by atoms with E-state index in [9.17, 15) is 9.90 Å². The van der Waals surface area contributed by atoms with Gasteiger partial charge < -0.3 is 20.8 Å². The number of thiocarbonyl (C=S) groups is 1. The Morgan fingerprint density at radius 2 is 1.93 bits per heavy atom. The Kier molecular flexibility index (Phi) is 5.30. The van der Waals surface area contributed by atoms with Crippen LogP contribution in [0, 0.1) is 11.3 Å². The second kappa shape index (κ2) is 7.82. The predicted molar refractivity (Wildman–Crippen MR) is 107 cm³/mol. The van der Waals surface area contributed by atoms with Gasteiger partial charge in [0.15, 0.2) is 10.2 Å². The second-order valence-electron chi connectivity index (χ2n) is 5.34. The molecule has 7 nitrogen and oxygen atoms in total. The van der Waals surface area contributed by atoms with Crippen molar-refractivity contribution >= 4 is 45.5 Å². The van der Waals surface area contributed by atoms with Crippen LogP contribution < -0.4 is 10.6 Å². The van der Waals surface area contributed by atoms with E-state index >= 15 is 0 Å². The number of aromatic carboxylic acids is 1. The molecule has 0 saturated carbocycles. The summed E-state index contributed by atoms with van der Waals surface area (Å²) in [6.45, 7) is 0. The third-order valence-electron chi connectivity index (χ3n) is 3.52. The van der Waals surface area contributed by atoms with E-state index in [0.717, 1.165) is 11.3 Å². The molecule has 2 aromatic carbocycles. The van der Waals surface area contributed by atoms with Crippen LogP contribution >= 0.6 is 23.6 Å². The number of anilines is 2. The molecule has 3 aromatic rings. The van der Waals surface area contributed by atoms with Gasteiger partial charge >= 0.3 is 5.97 Å². The molecule has 0 spiro atoms. The van der Waals surface area contributed by atoms with Crippen molar-refractivity contribution in [3.63, 3.8) is 0 Å². The summed E-state index contributed by atoms with van der Waals surface area (Å²) in [5.41, 5.74) is 2.46. The van der Waals surface area contributed by atoms with Crippen LogP contribution in [0.25, 0.3) is 11.3 Å². The summed E-state index contributed by atoms with van der Waals surface area (Å²) in [4.78, 5) is 15.4. The molecule has 0 saturated heterocycles. The Labute approximate surface area is 163 Å². The van der Waals surface area contributed by atoms with Gasteiger partial charge in [0.2, 0.25) is 0 Å². The zero-order valence-electron chi connectivity index (χ0n) is 13.6. The van der Waals surface area contributed by atoms with Crippen molar-refractivity contribution in [2.75, 3.05) is 10.6 Å². The minimum Gasteiger partial charge on any atom is -0.507 e. The number of nitrogens with one attached hydrogen (secondary N) is 2. The Morgan fingerprint density at radius 3 is 2.56 bits per heavy atom. The van der Waals surface area contributed by atoms with Gasteiger partial charge in [0, 0.05) is 22.7 Å². The molecule has 0 aliphatic carbocycles. The second-order valence-corrected chi connectivity index (χ2v) is 6.61. The molecule has 3 rings (SSSR count). The van der Waals surface area contributed by atoms with Crippen LogP contribution in [0.1, 0.15) is 15.9 Å². The molecule has 0 aliphatic heterocycles. The summed E-state index contributed by atoms with van der Waals surface area (Å²) in [6, 6.07) is 13.2. The number of hydrogen-bond donors (Lipinski definition) is 4. The molecular weight excluding hydrogens is 384 g/mol. The predicted octanol–water partition coefficient (Wildman–Crippen LogP) is 3.89. The molecule has 134 valence electrons. The average molecular weight is 396 g/mol. The lowest BCUT2D eigenvalue weighted by Crippen LogP contribution is -2.19. The molecule has 0 bridgehead atoms. The zero-order chi connectivity index (χ0) is 19.4. The molecule has 1 heterocycles. The fourth-order valence-electron chi connectivity index (χ4n) is 2.23. The van der Waals surface area contributed by atoms with Gasteiger partial charge in [-0.05, 0) is 36.5 Å². The molecule has 9 heteroatoms. The van der Waals surface area contributed by atoms with Gasteiger partial charge in [-0.3, -0.25) is 0 Å². The van der Waals surface area contributed by atoms with Gasteiger partial charge in [0.25, 0.3) is 0 Å². The van der Waals surface area contributed by atoms with E-state index in [-0.39, 0.29) is 16.4 Å². The maximum atomic E-state index is 10.9. The van der Waals surface area contributed by atoms with Crippen molar-refractivity contribution in [3.8, 4) is 23.1 Å². The molecule has 1 aromatic heterocycles. The van der Waals surface area contributed by atoms with E-state index in [1.54, 1.807) is 12.1 Å². The fraction of sp³-hybridized carbons (Fsp3) is 0. The Bertz CT molecular complexity index is 1060. The van der Waals surface area contributed by atoms with Gasteiger partial charge in [0.05, 0.1) is 17.3 Å². The highest BCUT2D eigenvalue weighted by Gasteiger charge is 2.11. The number of aromatic hydroxyl groups is 1. The van der Waals surface area contributed by atoms with Crippen LogP contribution in [-0.2, 0) is 0 Å². The lowest BCUT2D eigenvalue weighted by molar-refractivity contribution is 0.0694. The Morgan fingerprint density at radius 1 is 1.19 bits per heavy atom. The summed E-state index contributed by atoms with van der Waals surface area (Å²) >= 11 is 6.58. The summed E-state index contributed by atoms with van der Waals surface area (Å²) in [7, 11) is 0. The SMILES string of the molecule is N#Cc1ccc(-c2csc(NC(=S)Nc3ccc(C(=O)O)c(O)c3)n2)cc1. The summed E-state index contributed by atoms with van der Waals surface area (Å²) < 4.78 is 0. The number of rotatable bonds is 4. The number of benzene rings is 2. The van der Waals surface area contributed by atoms with Crippen molar-refractivity contribution in [2.24, 2.45) is 0 Å². The maximum Gasteiger partial charge on any atom is 0.339 e. The van der Waals surface area contributed by atoms with Gasteiger partial charge in [-0.25, -0.2) is 9.78 Å². The fourth-order valence-corrected chi connectivity index (χ4v) is 3.23. The van der Waals surface area contributed by atoms with Crippen molar-refractivity contribution in [1.29, 1.82) is 5.26 Å². The van der Waals surface area contributed by atoms with E-state index in [2.05, 4.69) is 21.7 Å². The first kappa shape index (κ1) is 18.3. The van der Waals surface area contributed by atoms with Crippen LogP contribution in [0.15, 0.2) is 47.8 Å². The number of aromatic nitrogens is 1. The lowest BCUT2D eigenvalue weighted by atomic mass is 10.1. The van der Waals surface area contributed by atoms with Crippen LogP contribution in [0.5, 0.6) is 5.75 Å². The number of carboxylic acid groups (broad SMARTS) is 1. The van der Waals surface area contributed by atoms with Crippen LogP contribution in [0.3, 0.4) is 0 Å². The van der Waals surface area contributed by atoms with E-state index in [4.69, 9.17) is 22.6 Å². The molecule has 0 atom stereocenters. The molecule has 0 aliphatic rings. The first-order valence-corrected chi connectivity index (χ1v) is 8.85. The van der Waals surface area contributed by atoms with Crippen LogP contribution in [0.4, 0.5) is 10.8 Å². The normalized spacial score (nSPS) is 10.0. The summed E-state index contributed by atoms with van der Waals surface area (Å²) in [6.07, 6.45) is 0. The smallest absolute Gasteiger partial charge is 0.339 e. The molecule has 0 radical (unpaired) electrons. The number of nitrogens with zero attached hydrogens (tertiary/aromatic N) is 2. The first-order valence-electron chi connectivity index (χ1n) is 7.56. The van der Waals surface area contributed by atoms with E-state index in [0.29, 0.717) is 16.4 Å². The van der Waals surface area contributed by atoms with E-state index in [1.807, 2.05) is 17.5 Å². The van der Waals surface area contributed by atoms with Crippen molar-refractivity contribution in [1.82, 2.24) is 4.98 Å². The minimum absolute atomic E-state index is 0.189. The van der Waals surface area contributed by atoms with Gasteiger partial charge in [0.1, 0.15) is 11.3 Å². The molecule has 27 heavy (non-hydrogen) atoms. The maximum absolute atomic E-state index is 10.9. The highest BCUT2D eigenvalue weighted by Crippen LogP contribution is 2.26. The Balaban J connectivity index is 1.66. The largest absolute Gasteiger partial charge is 0.507 e. The quantitative estimate of drug-likeness (QED) is 0.491. The number of carbonyl (C=O) groups is 1. The van der Waals surface area contributed by atoms with Crippen molar-refractivity contribution < 1.29 is 15.0 Å². The molecular formula is C18H12N4O3S2. The van der Waals surface area contributed by atoms with E-state index in [1.165, 1.54) is 29.5 Å². The van der Waals surface area contributed by atoms with Gasteiger partial charge in [-0.2, -0.15) is 5.26 Å². The summed E-state index contributed by atoms with van der Waals surface area (Å²) in [5, 5.41) is 36.0. The lowest BCUT2D eigenvalue weighted by Gasteiger charge is -2.09. The monoisotopic (exact) mass is 396 g/mol. The molecule has 0 amide bonds. The highest BCUT2D eigenvalue weighted by molar-refractivity contribution is 7.80. The number of phenols is 1. The zero-order valence-corrected chi connectivity index (χ0v) is 15.3. The topological polar surface area (TPSA) is 118 Å². The number of carboxylic acids is 1. The van der Waals surface area contributed by atoms with Gasteiger partial charge in [-0.1, -0.05) is 12.1 Å².